The number of hydrogen-bond acceptors (Lipinski definition) is 2. The highest BCUT2D eigenvalue weighted by Crippen LogP contribution is 2.29. The van der Waals surface area contributed by atoms with Crippen LogP contribution < -0.4 is 0 Å². The number of aliphatic carboxylic acids is 1. The van der Waals surface area contributed by atoms with Crippen molar-refractivity contribution in [3.63, 3.8) is 0 Å². The van der Waals surface area contributed by atoms with Crippen molar-refractivity contribution >= 4 is 34.5 Å². The number of benzene rings is 1. The van der Waals surface area contributed by atoms with Crippen LogP contribution in [0.4, 0.5) is 0 Å². The van der Waals surface area contributed by atoms with Crippen molar-refractivity contribution in [2.45, 2.75) is 31.7 Å². The molecule has 1 aliphatic heterocycles. The molecule has 1 unspecified atom stereocenters. The molecule has 0 spiro atoms. The first kappa shape index (κ1) is 14.3. The van der Waals surface area contributed by atoms with Gasteiger partial charge in [0.15, 0.2) is 0 Å². The van der Waals surface area contributed by atoms with Gasteiger partial charge in [-0.2, -0.15) is 0 Å². The molecule has 0 radical (unpaired) electrons. The highest BCUT2D eigenvalue weighted by Gasteiger charge is 2.44. The van der Waals surface area contributed by atoms with Gasteiger partial charge in [0.25, 0.3) is 5.91 Å². The summed E-state index contributed by atoms with van der Waals surface area (Å²) in [5, 5.41) is 9.41. The minimum absolute atomic E-state index is 0.194. The molecule has 0 aromatic heterocycles. The maximum absolute atomic E-state index is 12.5. The Balaban J connectivity index is 2.30. The Morgan fingerprint density at radius 3 is 2.47 bits per heavy atom. The van der Waals surface area contributed by atoms with Crippen molar-refractivity contribution in [1.29, 1.82) is 0 Å². The Labute approximate surface area is 125 Å². The van der Waals surface area contributed by atoms with Gasteiger partial charge < -0.3 is 10.0 Å². The van der Waals surface area contributed by atoms with Crippen LogP contribution in [0.2, 0.25) is 0 Å². The van der Waals surface area contributed by atoms with Crippen LogP contribution in [0.25, 0.3) is 0 Å². The number of carboxylic acid groups (broad SMARTS) is 1. The molecule has 1 fully saturated rings. The van der Waals surface area contributed by atoms with Crippen molar-refractivity contribution in [3.05, 3.63) is 33.4 Å². The summed E-state index contributed by atoms with van der Waals surface area (Å²) in [6, 6.07) is 7.22. The summed E-state index contributed by atoms with van der Waals surface area (Å²) in [7, 11) is 0. The third kappa shape index (κ3) is 2.75. The summed E-state index contributed by atoms with van der Waals surface area (Å²) in [6.45, 7) is 2.15. The van der Waals surface area contributed by atoms with E-state index in [2.05, 4.69) is 22.6 Å². The molecule has 4 nitrogen and oxygen atoms in total. The second-order valence-corrected chi connectivity index (χ2v) is 6.25. The van der Waals surface area contributed by atoms with Gasteiger partial charge in [0.1, 0.15) is 5.54 Å². The lowest BCUT2D eigenvalue weighted by Crippen LogP contribution is -2.57. The first-order chi connectivity index (χ1) is 8.95. The van der Waals surface area contributed by atoms with Crippen LogP contribution in [0.5, 0.6) is 0 Å². The van der Waals surface area contributed by atoms with Crippen LogP contribution in [-0.4, -0.2) is 34.0 Å². The van der Waals surface area contributed by atoms with Gasteiger partial charge in [0.2, 0.25) is 0 Å². The number of piperidine rings is 1. The van der Waals surface area contributed by atoms with Crippen molar-refractivity contribution in [2.24, 2.45) is 0 Å². The van der Waals surface area contributed by atoms with Crippen LogP contribution in [0.15, 0.2) is 24.3 Å². The number of nitrogens with zero attached hydrogens (tertiary/aromatic N) is 1. The van der Waals surface area contributed by atoms with Crippen molar-refractivity contribution in [1.82, 2.24) is 4.90 Å². The molecule has 5 heteroatoms. The van der Waals surface area contributed by atoms with Crippen LogP contribution in [0.3, 0.4) is 0 Å². The number of amides is 1. The van der Waals surface area contributed by atoms with Crippen LogP contribution in [-0.2, 0) is 4.79 Å². The summed E-state index contributed by atoms with van der Waals surface area (Å²) in [5.74, 6) is -1.12. The average Bonchev–Trinajstić information content (AvgIpc) is 2.39. The Hall–Kier alpha value is -1.11. The third-order valence-electron chi connectivity index (χ3n) is 3.69. The second-order valence-electron chi connectivity index (χ2n) is 5.00. The van der Waals surface area contributed by atoms with E-state index in [0.717, 1.165) is 16.4 Å². The molecular weight excluding hydrogens is 357 g/mol. The van der Waals surface area contributed by atoms with Gasteiger partial charge in [-0.25, -0.2) is 4.79 Å². The van der Waals surface area contributed by atoms with Crippen molar-refractivity contribution in [2.75, 3.05) is 6.54 Å². The first-order valence-corrected chi connectivity index (χ1v) is 7.34. The Kier molecular flexibility index (Phi) is 4.13. The van der Waals surface area contributed by atoms with E-state index >= 15 is 0 Å². The first-order valence-electron chi connectivity index (χ1n) is 6.26. The normalized spacial score (nSPS) is 23.2. The summed E-state index contributed by atoms with van der Waals surface area (Å²) >= 11 is 2.17. The third-order valence-corrected chi connectivity index (χ3v) is 4.41. The Morgan fingerprint density at radius 2 is 1.89 bits per heavy atom. The second kappa shape index (κ2) is 5.48. The summed E-state index contributed by atoms with van der Waals surface area (Å²) in [5.41, 5.74) is -0.534. The van der Waals surface area contributed by atoms with Crippen molar-refractivity contribution in [3.8, 4) is 0 Å². The van der Waals surface area contributed by atoms with E-state index in [1.165, 1.54) is 4.90 Å². The molecule has 1 aromatic carbocycles. The smallest absolute Gasteiger partial charge is 0.329 e. The lowest BCUT2D eigenvalue weighted by Gasteiger charge is -2.41. The van der Waals surface area contributed by atoms with Gasteiger partial charge in [-0.05, 0) is 73.0 Å². The molecule has 1 aromatic rings. The van der Waals surface area contributed by atoms with E-state index < -0.39 is 11.5 Å². The molecule has 0 aliphatic carbocycles. The molecule has 2 rings (SSSR count). The molecule has 1 heterocycles. The summed E-state index contributed by atoms with van der Waals surface area (Å²) in [6.07, 6.45) is 2.22. The van der Waals surface area contributed by atoms with E-state index in [-0.39, 0.29) is 5.91 Å². The molecule has 19 heavy (non-hydrogen) atoms. The van der Waals surface area contributed by atoms with E-state index in [1.54, 1.807) is 19.1 Å². The monoisotopic (exact) mass is 373 g/mol. The van der Waals surface area contributed by atoms with E-state index in [0.29, 0.717) is 18.5 Å². The van der Waals surface area contributed by atoms with E-state index in [9.17, 15) is 14.7 Å². The quantitative estimate of drug-likeness (QED) is 0.812. The fourth-order valence-electron chi connectivity index (χ4n) is 2.42. The SMILES string of the molecule is CC1(C(=O)O)CCCCN1C(=O)c1ccc(I)cc1. The molecule has 1 atom stereocenters. The van der Waals surface area contributed by atoms with Gasteiger partial charge in [-0.3, -0.25) is 4.79 Å². The average molecular weight is 373 g/mol. The van der Waals surface area contributed by atoms with Crippen LogP contribution >= 0.6 is 22.6 Å². The molecule has 1 amide bonds. The maximum Gasteiger partial charge on any atom is 0.329 e. The van der Waals surface area contributed by atoms with E-state index in [4.69, 9.17) is 0 Å². The number of hydrogen-bond donors (Lipinski definition) is 1. The van der Waals surface area contributed by atoms with Gasteiger partial charge >= 0.3 is 5.97 Å². The fraction of sp³-hybridized carbons (Fsp3) is 0.429. The highest BCUT2D eigenvalue weighted by molar-refractivity contribution is 14.1. The Morgan fingerprint density at radius 1 is 1.26 bits per heavy atom. The number of carbonyl (C=O) groups excluding carboxylic acids is 1. The van der Waals surface area contributed by atoms with Crippen LogP contribution in [0, 0.1) is 3.57 Å². The number of rotatable bonds is 2. The zero-order chi connectivity index (χ0) is 14.0. The summed E-state index contributed by atoms with van der Waals surface area (Å²) in [4.78, 5) is 25.5. The maximum atomic E-state index is 12.5. The minimum Gasteiger partial charge on any atom is -0.480 e. The Bertz CT molecular complexity index is 500. The predicted octanol–water partition coefficient (Wildman–Crippen LogP) is 2.76. The minimum atomic E-state index is -1.08. The van der Waals surface area contributed by atoms with Gasteiger partial charge in [0.05, 0.1) is 0 Å². The molecule has 102 valence electrons. The fourth-order valence-corrected chi connectivity index (χ4v) is 2.78. The van der Waals surface area contributed by atoms with Gasteiger partial charge in [-0.1, -0.05) is 0 Å². The lowest BCUT2D eigenvalue weighted by molar-refractivity contribution is -0.150. The zero-order valence-corrected chi connectivity index (χ0v) is 12.9. The molecule has 1 aliphatic rings. The van der Waals surface area contributed by atoms with Gasteiger partial charge in [-0.15, -0.1) is 0 Å². The number of halogens is 1. The number of likely N-dealkylation sites (tertiary alicyclic amines) is 1. The number of carboxylic acids is 1. The standard InChI is InChI=1S/C14H16INO3/c1-14(13(18)19)8-2-3-9-16(14)12(17)10-4-6-11(15)7-5-10/h4-7H,2-3,8-9H2,1H3,(H,18,19). The summed E-state index contributed by atoms with van der Waals surface area (Å²) < 4.78 is 1.05. The lowest BCUT2D eigenvalue weighted by atomic mass is 9.88. The van der Waals surface area contributed by atoms with Crippen molar-refractivity contribution < 1.29 is 14.7 Å². The molecule has 0 saturated carbocycles. The topological polar surface area (TPSA) is 57.6 Å². The highest BCUT2D eigenvalue weighted by atomic mass is 127. The molecule has 0 bridgehead atoms. The molecule has 1 saturated heterocycles. The van der Waals surface area contributed by atoms with Crippen LogP contribution in [0.1, 0.15) is 36.5 Å². The van der Waals surface area contributed by atoms with E-state index in [1.807, 2.05) is 12.1 Å². The number of carbonyl (C=O) groups is 2. The zero-order valence-electron chi connectivity index (χ0n) is 10.7. The predicted molar refractivity (Wildman–Crippen MR) is 80.1 cm³/mol. The van der Waals surface area contributed by atoms with Gasteiger partial charge in [0, 0.05) is 15.7 Å². The molecular formula is C14H16INO3. The molecule has 1 N–H and O–H groups in total. The largest absolute Gasteiger partial charge is 0.480 e.